The average molecular weight is 337 g/mol. The summed E-state index contributed by atoms with van der Waals surface area (Å²) < 4.78 is 1.80. The molecule has 0 spiro atoms. The molecule has 2 heterocycles. The van der Waals surface area contributed by atoms with Gasteiger partial charge >= 0.3 is 0 Å². The largest absolute Gasteiger partial charge is 0.341 e. The van der Waals surface area contributed by atoms with Gasteiger partial charge in [-0.15, -0.1) is 0 Å². The lowest BCUT2D eigenvalue weighted by atomic mass is 10.1. The number of amides is 1. The maximum Gasteiger partial charge on any atom is 0.224 e. The van der Waals surface area contributed by atoms with Crippen LogP contribution in [0.2, 0.25) is 0 Å². The maximum atomic E-state index is 12.4. The Hall–Kier alpha value is -2.65. The van der Waals surface area contributed by atoms with Crippen LogP contribution in [0.1, 0.15) is 24.0 Å². The standard InChI is InChI=1S/C19H23N5O/c20-15-17-3-5-18(6-4-17)16-22-9-2-10-23(14-13-22)19(25)7-12-24-11-1-8-21-24/h1,3-6,8,11H,2,7,9-10,12-14,16H2. The van der Waals surface area contributed by atoms with Crippen LogP contribution in [0.15, 0.2) is 42.7 Å². The third kappa shape index (κ3) is 4.91. The minimum absolute atomic E-state index is 0.204. The minimum atomic E-state index is 0.204. The van der Waals surface area contributed by atoms with E-state index >= 15 is 0 Å². The molecule has 130 valence electrons. The van der Waals surface area contributed by atoms with Crippen LogP contribution in [-0.4, -0.2) is 51.7 Å². The number of carbonyl (C=O) groups excluding carboxylic acids is 1. The minimum Gasteiger partial charge on any atom is -0.341 e. The Bertz CT molecular complexity index is 717. The first-order valence-electron chi connectivity index (χ1n) is 8.71. The third-order valence-corrected chi connectivity index (χ3v) is 4.54. The summed E-state index contributed by atoms with van der Waals surface area (Å²) in [5.41, 5.74) is 1.89. The first kappa shape index (κ1) is 17.2. The Balaban J connectivity index is 1.47. The van der Waals surface area contributed by atoms with Gasteiger partial charge in [-0.3, -0.25) is 14.4 Å². The molecule has 2 aromatic rings. The molecular formula is C19H23N5O. The van der Waals surface area contributed by atoms with Crippen molar-refractivity contribution < 1.29 is 4.79 Å². The van der Waals surface area contributed by atoms with Gasteiger partial charge in [0.1, 0.15) is 0 Å². The van der Waals surface area contributed by atoms with Gasteiger partial charge in [0.2, 0.25) is 5.91 Å². The van der Waals surface area contributed by atoms with Gasteiger partial charge in [-0.1, -0.05) is 12.1 Å². The molecule has 0 bridgehead atoms. The number of rotatable bonds is 5. The Morgan fingerprint density at radius 3 is 2.72 bits per heavy atom. The number of aromatic nitrogens is 2. The molecule has 0 N–H and O–H groups in total. The van der Waals surface area contributed by atoms with Crippen LogP contribution in [-0.2, 0) is 17.9 Å². The molecule has 0 unspecified atom stereocenters. The molecule has 1 aliphatic heterocycles. The van der Waals surface area contributed by atoms with Gasteiger partial charge in [-0.05, 0) is 30.2 Å². The molecule has 0 aliphatic carbocycles. The molecule has 0 saturated carbocycles. The van der Waals surface area contributed by atoms with Gasteiger partial charge in [0.05, 0.1) is 11.6 Å². The fourth-order valence-electron chi connectivity index (χ4n) is 3.12. The zero-order valence-electron chi connectivity index (χ0n) is 14.3. The molecule has 3 rings (SSSR count). The molecule has 0 radical (unpaired) electrons. The summed E-state index contributed by atoms with van der Waals surface area (Å²) in [6.07, 6.45) is 5.10. The van der Waals surface area contributed by atoms with Crippen LogP contribution in [0.25, 0.3) is 0 Å². The van der Waals surface area contributed by atoms with Crippen molar-refractivity contribution in [3.8, 4) is 6.07 Å². The highest BCUT2D eigenvalue weighted by atomic mass is 16.2. The Morgan fingerprint density at radius 2 is 2.00 bits per heavy atom. The van der Waals surface area contributed by atoms with Gasteiger partial charge < -0.3 is 4.90 Å². The lowest BCUT2D eigenvalue weighted by molar-refractivity contribution is -0.131. The second-order valence-electron chi connectivity index (χ2n) is 6.34. The van der Waals surface area contributed by atoms with Crippen LogP contribution in [0.4, 0.5) is 0 Å². The van der Waals surface area contributed by atoms with Crippen molar-refractivity contribution in [3.05, 3.63) is 53.9 Å². The first-order valence-corrected chi connectivity index (χ1v) is 8.71. The van der Waals surface area contributed by atoms with E-state index in [2.05, 4.69) is 16.1 Å². The predicted molar refractivity (Wildman–Crippen MR) is 94.5 cm³/mol. The molecule has 1 saturated heterocycles. The molecule has 6 nitrogen and oxygen atoms in total. The number of carbonyl (C=O) groups is 1. The van der Waals surface area contributed by atoms with E-state index in [0.717, 1.165) is 39.1 Å². The topological polar surface area (TPSA) is 65.2 Å². The molecule has 1 amide bonds. The van der Waals surface area contributed by atoms with E-state index in [1.54, 1.807) is 10.9 Å². The SMILES string of the molecule is N#Cc1ccc(CN2CCCN(C(=O)CCn3cccn3)CC2)cc1. The van der Waals surface area contributed by atoms with E-state index in [0.29, 0.717) is 18.5 Å². The van der Waals surface area contributed by atoms with E-state index in [4.69, 9.17) is 5.26 Å². The predicted octanol–water partition coefficient (Wildman–Crippen LogP) is 1.88. The van der Waals surface area contributed by atoms with Gasteiger partial charge in [-0.2, -0.15) is 10.4 Å². The molecule has 1 aliphatic rings. The molecular weight excluding hydrogens is 314 g/mol. The molecule has 6 heteroatoms. The van der Waals surface area contributed by atoms with Gasteiger partial charge in [0.15, 0.2) is 0 Å². The second-order valence-corrected chi connectivity index (χ2v) is 6.34. The summed E-state index contributed by atoms with van der Waals surface area (Å²) in [4.78, 5) is 16.8. The van der Waals surface area contributed by atoms with E-state index in [9.17, 15) is 4.79 Å². The Labute approximate surface area is 148 Å². The fourth-order valence-corrected chi connectivity index (χ4v) is 3.12. The van der Waals surface area contributed by atoms with Crippen molar-refractivity contribution in [2.24, 2.45) is 0 Å². The maximum absolute atomic E-state index is 12.4. The zero-order chi connectivity index (χ0) is 17.5. The summed E-state index contributed by atoms with van der Waals surface area (Å²) >= 11 is 0. The van der Waals surface area contributed by atoms with Gasteiger partial charge in [0, 0.05) is 58.1 Å². The Morgan fingerprint density at radius 1 is 1.16 bits per heavy atom. The number of nitriles is 1. The van der Waals surface area contributed by atoms with Crippen molar-refractivity contribution >= 4 is 5.91 Å². The monoisotopic (exact) mass is 337 g/mol. The zero-order valence-corrected chi connectivity index (χ0v) is 14.3. The molecule has 1 aromatic heterocycles. The van der Waals surface area contributed by atoms with Crippen LogP contribution in [0.5, 0.6) is 0 Å². The van der Waals surface area contributed by atoms with Crippen LogP contribution in [0, 0.1) is 11.3 Å². The average Bonchev–Trinajstić information content (AvgIpc) is 3.06. The van der Waals surface area contributed by atoms with E-state index in [1.165, 1.54) is 5.56 Å². The molecule has 0 atom stereocenters. The normalized spacial score (nSPS) is 15.6. The summed E-state index contributed by atoms with van der Waals surface area (Å²) in [6.45, 7) is 4.96. The molecule has 1 fully saturated rings. The second kappa shape index (κ2) is 8.45. The molecule has 1 aromatic carbocycles. The number of aryl methyl sites for hydroxylation is 1. The smallest absolute Gasteiger partial charge is 0.224 e. The van der Waals surface area contributed by atoms with Crippen molar-refractivity contribution in [2.75, 3.05) is 26.2 Å². The Kier molecular flexibility index (Phi) is 5.81. The first-order chi connectivity index (χ1) is 12.2. The number of hydrogen-bond donors (Lipinski definition) is 0. The highest BCUT2D eigenvalue weighted by Crippen LogP contribution is 2.11. The summed E-state index contributed by atoms with van der Waals surface area (Å²) in [5.74, 6) is 0.204. The fraction of sp³-hybridized carbons (Fsp3) is 0.421. The third-order valence-electron chi connectivity index (χ3n) is 4.54. The number of benzene rings is 1. The highest BCUT2D eigenvalue weighted by molar-refractivity contribution is 5.76. The lowest BCUT2D eigenvalue weighted by Gasteiger charge is -2.22. The number of hydrogen-bond acceptors (Lipinski definition) is 4. The van der Waals surface area contributed by atoms with Gasteiger partial charge in [-0.25, -0.2) is 0 Å². The summed E-state index contributed by atoms with van der Waals surface area (Å²) in [7, 11) is 0. The quantitative estimate of drug-likeness (QED) is 0.835. The lowest BCUT2D eigenvalue weighted by Crippen LogP contribution is -2.35. The van der Waals surface area contributed by atoms with Crippen LogP contribution in [0.3, 0.4) is 0 Å². The summed E-state index contributed by atoms with van der Waals surface area (Å²) in [6, 6.07) is 11.8. The van der Waals surface area contributed by atoms with E-state index in [-0.39, 0.29) is 5.91 Å². The van der Waals surface area contributed by atoms with E-state index in [1.807, 2.05) is 41.4 Å². The van der Waals surface area contributed by atoms with Gasteiger partial charge in [0.25, 0.3) is 0 Å². The van der Waals surface area contributed by atoms with Crippen molar-refractivity contribution in [1.82, 2.24) is 19.6 Å². The van der Waals surface area contributed by atoms with Crippen molar-refractivity contribution in [1.29, 1.82) is 5.26 Å². The number of nitrogens with zero attached hydrogens (tertiary/aromatic N) is 5. The van der Waals surface area contributed by atoms with Crippen molar-refractivity contribution in [2.45, 2.75) is 25.9 Å². The summed E-state index contributed by atoms with van der Waals surface area (Å²) in [5, 5.41) is 13.0. The van der Waals surface area contributed by atoms with Crippen molar-refractivity contribution in [3.63, 3.8) is 0 Å². The van der Waals surface area contributed by atoms with Crippen LogP contribution < -0.4 is 0 Å². The molecule has 25 heavy (non-hydrogen) atoms. The van der Waals surface area contributed by atoms with Crippen LogP contribution >= 0.6 is 0 Å². The van der Waals surface area contributed by atoms with E-state index < -0.39 is 0 Å². The highest BCUT2D eigenvalue weighted by Gasteiger charge is 2.19.